The summed E-state index contributed by atoms with van der Waals surface area (Å²) in [5.74, 6) is -0.256. The minimum absolute atomic E-state index is 0.0288. The molecule has 0 bridgehead atoms. The summed E-state index contributed by atoms with van der Waals surface area (Å²) >= 11 is 0. The molecule has 0 amide bonds. The molecule has 0 aliphatic carbocycles. The molecular formula is C10H15NO3. The highest BCUT2D eigenvalue weighted by Gasteiger charge is 2.07. The van der Waals surface area contributed by atoms with Crippen LogP contribution in [-0.4, -0.2) is 21.5 Å². The van der Waals surface area contributed by atoms with Gasteiger partial charge in [0.2, 0.25) is 0 Å². The zero-order valence-corrected chi connectivity index (χ0v) is 8.07. The smallest absolute Gasteiger partial charge is 0.157 e. The van der Waals surface area contributed by atoms with Gasteiger partial charge >= 0.3 is 0 Å². The summed E-state index contributed by atoms with van der Waals surface area (Å²) in [6.45, 7) is 1.95. The first-order chi connectivity index (χ1) is 6.67. The largest absolute Gasteiger partial charge is 0.504 e. The van der Waals surface area contributed by atoms with Crippen LogP contribution in [-0.2, 0) is 6.42 Å². The Labute approximate surface area is 82.8 Å². The molecule has 78 valence electrons. The van der Waals surface area contributed by atoms with Gasteiger partial charge in [0.1, 0.15) is 0 Å². The minimum Gasteiger partial charge on any atom is -0.504 e. The Morgan fingerprint density at radius 3 is 2.50 bits per heavy atom. The van der Waals surface area contributed by atoms with Crippen molar-refractivity contribution in [3.8, 4) is 11.5 Å². The molecule has 0 aliphatic heterocycles. The fraction of sp³-hybridized carbons (Fsp3) is 0.400. The number of hydroxylamine groups is 1. The molecule has 0 aromatic heterocycles. The van der Waals surface area contributed by atoms with Gasteiger partial charge in [0.25, 0.3) is 0 Å². The van der Waals surface area contributed by atoms with Crippen LogP contribution in [0.5, 0.6) is 11.5 Å². The van der Waals surface area contributed by atoms with Crippen molar-refractivity contribution in [2.24, 2.45) is 0 Å². The number of rotatable bonds is 4. The lowest BCUT2D eigenvalue weighted by atomic mass is 10.0. The van der Waals surface area contributed by atoms with E-state index in [1.807, 2.05) is 6.92 Å². The molecule has 4 nitrogen and oxygen atoms in total. The van der Waals surface area contributed by atoms with E-state index in [-0.39, 0.29) is 17.5 Å². The van der Waals surface area contributed by atoms with Crippen LogP contribution in [0.1, 0.15) is 18.9 Å². The van der Waals surface area contributed by atoms with Gasteiger partial charge in [-0.25, -0.2) is 5.48 Å². The average molecular weight is 197 g/mol. The van der Waals surface area contributed by atoms with E-state index in [1.54, 1.807) is 6.07 Å². The van der Waals surface area contributed by atoms with Crippen LogP contribution in [0.3, 0.4) is 0 Å². The van der Waals surface area contributed by atoms with Crippen LogP contribution in [0.4, 0.5) is 0 Å². The highest BCUT2D eigenvalue weighted by molar-refractivity contribution is 5.40. The lowest BCUT2D eigenvalue weighted by Crippen LogP contribution is -2.27. The summed E-state index contributed by atoms with van der Waals surface area (Å²) in [6, 6.07) is 4.62. The van der Waals surface area contributed by atoms with Gasteiger partial charge in [0, 0.05) is 6.04 Å². The monoisotopic (exact) mass is 197 g/mol. The summed E-state index contributed by atoms with van der Waals surface area (Å²) in [5.41, 5.74) is 3.06. The molecule has 4 heteroatoms. The van der Waals surface area contributed by atoms with E-state index in [0.717, 1.165) is 12.0 Å². The molecule has 1 aromatic rings. The van der Waals surface area contributed by atoms with Gasteiger partial charge in [-0.3, -0.25) is 0 Å². The second-order valence-electron chi connectivity index (χ2n) is 3.26. The van der Waals surface area contributed by atoms with Crippen molar-refractivity contribution in [3.05, 3.63) is 23.8 Å². The third-order valence-electron chi connectivity index (χ3n) is 2.20. The highest BCUT2D eigenvalue weighted by Crippen LogP contribution is 2.25. The summed E-state index contributed by atoms with van der Waals surface area (Å²) < 4.78 is 0. The van der Waals surface area contributed by atoms with E-state index >= 15 is 0 Å². The molecule has 0 saturated heterocycles. The second-order valence-corrected chi connectivity index (χ2v) is 3.26. The molecule has 14 heavy (non-hydrogen) atoms. The molecule has 1 rings (SSSR count). The SMILES string of the molecule is CCC(Cc1ccc(O)c(O)c1)NO. The number of hydrogen-bond donors (Lipinski definition) is 4. The maximum atomic E-state index is 9.23. The highest BCUT2D eigenvalue weighted by atomic mass is 16.5. The first kappa shape index (κ1) is 10.8. The van der Waals surface area contributed by atoms with Crippen LogP contribution < -0.4 is 5.48 Å². The third-order valence-corrected chi connectivity index (χ3v) is 2.20. The minimum atomic E-state index is -0.129. The normalized spacial score (nSPS) is 12.7. The van der Waals surface area contributed by atoms with Crippen LogP contribution >= 0.6 is 0 Å². The maximum absolute atomic E-state index is 9.23. The Kier molecular flexibility index (Phi) is 3.73. The van der Waals surface area contributed by atoms with Crippen molar-refractivity contribution in [1.82, 2.24) is 5.48 Å². The quantitative estimate of drug-likeness (QED) is 0.435. The van der Waals surface area contributed by atoms with Crippen molar-refractivity contribution in [3.63, 3.8) is 0 Å². The summed E-state index contributed by atoms with van der Waals surface area (Å²) in [4.78, 5) is 0. The number of hydrogen-bond acceptors (Lipinski definition) is 4. The van der Waals surface area contributed by atoms with Gasteiger partial charge in [-0.1, -0.05) is 13.0 Å². The van der Waals surface area contributed by atoms with Crippen LogP contribution in [0.25, 0.3) is 0 Å². The fourth-order valence-corrected chi connectivity index (χ4v) is 1.26. The van der Waals surface area contributed by atoms with Gasteiger partial charge in [-0.2, -0.15) is 0 Å². The predicted octanol–water partition coefficient (Wildman–Crippen LogP) is 1.40. The first-order valence-electron chi connectivity index (χ1n) is 4.57. The molecule has 0 saturated carbocycles. The van der Waals surface area contributed by atoms with Crippen molar-refractivity contribution < 1.29 is 15.4 Å². The fourth-order valence-electron chi connectivity index (χ4n) is 1.26. The lowest BCUT2D eigenvalue weighted by molar-refractivity contribution is 0.123. The number of aromatic hydroxyl groups is 2. The Morgan fingerprint density at radius 1 is 1.29 bits per heavy atom. The van der Waals surface area contributed by atoms with E-state index < -0.39 is 0 Å². The molecule has 1 aromatic carbocycles. The predicted molar refractivity (Wildman–Crippen MR) is 52.5 cm³/mol. The number of phenolic OH excluding ortho intramolecular Hbond substituents is 2. The van der Waals surface area contributed by atoms with Crippen molar-refractivity contribution in [1.29, 1.82) is 0 Å². The molecule has 0 fully saturated rings. The van der Waals surface area contributed by atoms with Crippen LogP contribution in [0.2, 0.25) is 0 Å². The molecule has 0 heterocycles. The summed E-state index contributed by atoms with van der Waals surface area (Å²) in [6.07, 6.45) is 1.40. The van der Waals surface area contributed by atoms with Crippen LogP contribution in [0.15, 0.2) is 18.2 Å². The van der Waals surface area contributed by atoms with E-state index in [9.17, 15) is 5.11 Å². The van der Waals surface area contributed by atoms with Gasteiger partial charge in [0.15, 0.2) is 11.5 Å². The lowest BCUT2D eigenvalue weighted by Gasteiger charge is -2.12. The topological polar surface area (TPSA) is 72.7 Å². The van der Waals surface area contributed by atoms with Gasteiger partial charge in [-0.05, 0) is 30.5 Å². The Morgan fingerprint density at radius 2 is 2.00 bits per heavy atom. The molecule has 1 unspecified atom stereocenters. The van der Waals surface area contributed by atoms with Crippen LogP contribution in [0, 0.1) is 0 Å². The molecule has 0 radical (unpaired) electrons. The van der Waals surface area contributed by atoms with E-state index in [4.69, 9.17) is 10.3 Å². The molecule has 4 N–H and O–H groups in total. The summed E-state index contributed by atoms with van der Waals surface area (Å²) in [7, 11) is 0. The molecular weight excluding hydrogens is 182 g/mol. The van der Waals surface area contributed by atoms with E-state index in [1.165, 1.54) is 12.1 Å². The maximum Gasteiger partial charge on any atom is 0.157 e. The Bertz CT molecular complexity index is 297. The van der Waals surface area contributed by atoms with Crippen molar-refractivity contribution in [2.45, 2.75) is 25.8 Å². The first-order valence-corrected chi connectivity index (χ1v) is 4.57. The third kappa shape index (κ3) is 2.61. The van der Waals surface area contributed by atoms with Crippen molar-refractivity contribution >= 4 is 0 Å². The van der Waals surface area contributed by atoms with E-state index in [2.05, 4.69) is 5.48 Å². The van der Waals surface area contributed by atoms with E-state index in [0.29, 0.717) is 6.42 Å². The molecule has 0 aliphatic rings. The van der Waals surface area contributed by atoms with Gasteiger partial charge in [-0.15, -0.1) is 0 Å². The number of benzene rings is 1. The summed E-state index contributed by atoms with van der Waals surface area (Å²) in [5, 5.41) is 27.1. The standard InChI is InChI=1S/C10H15NO3/c1-2-8(11-14)5-7-3-4-9(12)10(13)6-7/h3-4,6,8,11-14H,2,5H2,1H3. The zero-order valence-electron chi connectivity index (χ0n) is 8.07. The van der Waals surface area contributed by atoms with Crippen molar-refractivity contribution in [2.75, 3.05) is 0 Å². The molecule has 1 atom stereocenters. The number of phenols is 2. The zero-order chi connectivity index (χ0) is 10.6. The average Bonchev–Trinajstić information content (AvgIpc) is 2.19. The Balaban J connectivity index is 2.72. The second kappa shape index (κ2) is 4.83. The van der Waals surface area contributed by atoms with Gasteiger partial charge < -0.3 is 15.4 Å². The molecule has 0 spiro atoms. The Hall–Kier alpha value is -1.26. The number of nitrogens with one attached hydrogen (secondary N) is 1. The van der Waals surface area contributed by atoms with Gasteiger partial charge in [0.05, 0.1) is 0 Å².